The van der Waals surface area contributed by atoms with Gasteiger partial charge in [0.05, 0.1) is 26.4 Å². The second kappa shape index (κ2) is 54.1. The lowest BCUT2D eigenvalue weighted by Crippen LogP contribution is -2.61. The molecule has 11 unspecified atom stereocenters. The fourth-order valence-corrected chi connectivity index (χ4v) is 9.59. The monoisotopic (exact) mass is 1170 g/mol. The molecule has 0 aromatic rings. The van der Waals surface area contributed by atoms with Gasteiger partial charge in [0.15, 0.2) is 12.6 Å². The van der Waals surface area contributed by atoms with Crippen molar-refractivity contribution in [2.24, 2.45) is 0 Å². The van der Waals surface area contributed by atoms with Crippen LogP contribution < -0.4 is 0 Å². The normalized spacial score (nSPS) is 24.2. The van der Waals surface area contributed by atoms with E-state index in [4.69, 9.17) is 28.4 Å². The van der Waals surface area contributed by atoms with E-state index in [0.29, 0.717) is 13.0 Å². The molecule has 14 heteroatoms. The minimum Gasteiger partial charge on any atom is -0.457 e. The van der Waals surface area contributed by atoms with Crippen molar-refractivity contribution < 1.29 is 69.0 Å². The van der Waals surface area contributed by atoms with Crippen LogP contribution in [0.3, 0.4) is 0 Å². The average molecular weight is 1170 g/mol. The van der Waals surface area contributed by atoms with Gasteiger partial charge in [0.25, 0.3) is 0 Å². The topological polar surface area (TPSA) is 214 Å². The summed E-state index contributed by atoms with van der Waals surface area (Å²) in [7, 11) is 0. The van der Waals surface area contributed by atoms with E-state index in [1.54, 1.807) is 0 Å². The molecule has 2 saturated heterocycles. The maximum atomic E-state index is 13.1. The molecule has 2 heterocycles. The first-order valence-corrected chi connectivity index (χ1v) is 32.5. The fraction of sp³-hybridized carbons (Fsp3) is 0.725. The predicted molar refractivity (Wildman–Crippen MR) is 334 cm³/mol. The van der Waals surface area contributed by atoms with Crippen LogP contribution >= 0.6 is 0 Å². The first-order valence-electron chi connectivity index (χ1n) is 32.5. The van der Waals surface area contributed by atoms with E-state index in [1.807, 2.05) is 0 Å². The summed E-state index contributed by atoms with van der Waals surface area (Å²) in [5.74, 6) is -0.390. The summed E-state index contributed by atoms with van der Waals surface area (Å²) in [5.41, 5.74) is 0. The number of carbonyl (C=O) groups excluding carboxylic acids is 1. The van der Waals surface area contributed by atoms with Gasteiger partial charge in [0.1, 0.15) is 54.9 Å². The number of allylic oxidation sites excluding steroid dienone is 18. The molecule has 0 saturated carbocycles. The van der Waals surface area contributed by atoms with Gasteiger partial charge < -0.3 is 64.2 Å². The Kier molecular flexibility index (Phi) is 49.3. The highest BCUT2D eigenvalue weighted by Crippen LogP contribution is 2.27. The van der Waals surface area contributed by atoms with Gasteiger partial charge in [-0.05, 0) is 103 Å². The molecule has 14 nitrogen and oxygen atoms in total. The molecule has 11 atom stereocenters. The van der Waals surface area contributed by atoms with E-state index in [9.17, 15) is 40.5 Å². The van der Waals surface area contributed by atoms with Crippen molar-refractivity contribution in [1.29, 1.82) is 0 Å². The van der Waals surface area contributed by atoms with Gasteiger partial charge in [-0.25, -0.2) is 0 Å². The molecule has 476 valence electrons. The largest absolute Gasteiger partial charge is 0.457 e. The summed E-state index contributed by atoms with van der Waals surface area (Å²) in [6, 6.07) is 0. The molecular formula is C69H116O14. The molecule has 0 bridgehead atoms. The number of esters is 1. The third-order valence-corrected chi connectivity index (χ3v) is 14.8. The van der Waals surface area contributed by atoms with E-state index < -0.39 is 86.7 Å². The zero-order chi connectivity index (χ0) is 60.1. The fourth-order valence-electron chi connectivity index (χ4n) is 9.59. The molecule has 0 aromatic carbocycles. The number of hydrogen-bond acceptors (Lipinski definition) is 14. The van der Waals surface area contributed by atoms with Gasteiger partial charge >= 0.3 is 5.97 Å². The molecule has 0 spiro atoms. The molecule has 83 heavy (non-hydrogen) atoms. The molecule has 0 radical (unpaired) electrons. The molecule has 7 N–H and O–H groups in total. The van der Waals surface area contributed by atoms with Crippen LogP contribution in [0, 0.1) is 0 Å². The lowest BCUT2D eigenvalue weighted by Gasteiger charge is -2.42. The first kappa shape index (κ1) is 75.7. The lowest BCUT2D eigenvalue weighted by molar-refractivity contribution is -0.332. The lowest BCUT2D eigenvalue weighted by atomic mass is 9.98. The van der Waals surface area contributed by atoms with E-state index in [0.717, 1.165) is 116 Å². The van der Waals surface area contributed by atoms with Gasteiger partial charge in [0.2, 0.25) is 0 Å². The van der Waals surface area contributed by atoms with Crippen LogP contribution in [-0.2, 0) is 33.2 Å². The first-order chi connectivity index (χ1) is 40.6. The number of unbranched alkanes of at least 4 members (excludes halogenated alkanes) is 20. The van der Waals surface area contributed by atoms with Crippen LogP contribution in [0.1, 0.15) is 219 Å². The standard InChI is InChI=1S/C69H116O14/c1-3-5-7-9-11-13-15-17-19-21-23-25-27-29-30-32-34-36-38-40-42-44-46-48-50-52-61(71)81-58(56-79-68-67(77)65(75)63(73)60(83-68)57-80-69-66(76)64(74)62(72)59(54-70)82-69)55-78-53-51-49-47-45-43-41-39-37-35-33-31-28-26-24-22-20-18-16-14-12-10-8-6-4-2/h6,8,12,14-15,17-18,20-21,23-24,26-27,29,31,33,37,39,58-60,62-70,72-77H,3-5,7,9-11,13,16,19,22,25,28,30,32,34-36,38,40-57H2,1-2H3/b8-6-,14-12-,17-15-,20-18-,23-21-,26-24-,29-27-,33-31-,39-37-. The van der Waals surface area contributed by atoms with Crippen molar-refractivity contribution in [3.8, 4) is 0 Å². The van der Waals surface area contributed by atoms with Gasteiger partial charge in [0, 0.05) is 13.0 Å². The second-order valence-corrected chi connectivity index (χ2v) is 22.2. The minimum atomic E-state index is -1.72. The summed E-state index contributed by atoms with van der Waals surface area (Å²) < 4.78 is 34.5. The summed E-state index contributed by atoms with van der Waals surface area (Å²) in [4.78, 5) is 13.1. The Morgan fingerprint density at radius 2 is 0.783 bits per heavy atom. The van der Waals surface area contributed by atoms with Crippen LogP contribution in [0.2, 0.25) is 0 Å². The van der Waals surface area contributed by atoms with E-state index in [1.165, 1.54) is 77.0 Å². The Morgan fingerprint density at radius 1 is 0.410 bits per heavy atom. The molecule has 2 aliphatic heterocycles. The average Bonchev–Trinajstić information content (AvgIpc) is 3.67. The number of hydrogen-bond donors (Lipinski definition) is 7. The quantitative estimate of drug-likeness (QED) is 0.0172. The third-order valence-electron chi connectivity index (χ3n) is 14.8. The van der Waals surface area contributed by atoms with Gasteiger partial charge in [-0.3, -0.25) is 4.79 Å². The molecule has 2 aliphatic rings. The SMILES string of the molecule is CC/C=C\C/C=C\C/C=C\C/C=C\C/C=C\C/C=C\CCCCCCCOCC(COC1OC(COC2OC(CO)C(O)C(O)C2O)C(O)C(O)C1O)OC(=O)CCCCCCCCCCCC/C=C\C/C=C\C/C=C\CCCCCCC. The van der Waals surface area contributed by atoms with Crippen LogP contribution in [0.25, 0.3) is 0 Å². The Bertz CT molecular complexity index is 1790. The van der Waals surface area contributed by atoms with E-state index in [-0.39, 0.29) is 19.6 Å². The highest BCUT2D eigenvalue weighted by Gasteiger charge is 2.47. The number of aliphatic hydroxyl groups is 7. The van der Waals surface area contributed by atoms with Gasteiger partial charge in [-0.1, -0.05) is 220 Å². The molecule has 2 rings (SSSR count). The summed E-state index contributed by atoms with van der Waals surface area (Å²) in [5, 5.41) is 72.5. The number of carbonyl (C=O) groups is 1. The van der Waals surface area contributed by atoms with Crippen LogP contribution in [0.15, 0.2) is 109 Å². The highest BCUT2D eigenvalue weighted by molar-refractivity contribution is 5.69. The third kappa shape index (κ3) is 39.9. The zero-order valence-electron chi connectivity index (χ0n) is 51.4. The summed E-state index contributed by atoms with van der Waals surface area (Å²) >= 11 is 0. The van der Waals surface area contributed by atoms with Crippen molar-refractivity contribution in [2.75, 3.05) is 33.0 Å². The second-order valence-electron chi connectivity index (χ2n) is 22.2. The number of ether oxygens (including phenoxy) is 6. The van der Waals surface area contributed by atoms with Crippen LogP contribution in [0.4, 0.5) is 0 Å². The van der Waals surface area contributed by atoms with Crippen molar-refractivity contribution in [3.63, 3.8) is 0 Å². The van der Waals surface area contributed by atoms with Crippen molar-refractivity contribution in [3.05, 3.63) is 109 Å². The van der Waals surface area contributed by atoms with Crippen LogP contribution in [-0.4, -0.2) is 142 Å². The smallest absolute Gasteiger partial charge is 0.306 e. The highest BCUT2D eigenvalue weighted by atomic mass is 16.7. The maximum absolute atomic E-state index is 13.1. The maximum Gasteiger partial charge on any atom is 0.306 e. The van der Waals surface area contributed by atoms with E-state index >= 15 is 0 Å². The van der Waals surface area contributed by atoms with Crippen molar-refractivity contribution >= 4 is 5.97 Å². The summed E-state index contributed by atoms with van der Waals surface area (Å²) in [6.07, 6.45) is 58.6. The predicted octanol–water partition coefficient (Wildman–Crippen LogP) is 13.1. The van der Waals surface area contributed by atoms with Crippen LogP contribution in [0.5, 0.6) is 0 Å². The molecule has 0 aromatic heterocycles. The van der Waals surface area contributed by atoms with Crippen molar-refractivity contribution in [2.45, 2.75) is 287 Å². The van der Waals surface area contributed by atoms with Gasteiger partial charge in [-0.15, -0.1) is 0 Å². The summed E-state index contributed by atoms with van der Waals surface area (Å²) in [6.45, 7) is 3.51. The Morgan fingerprint density at radius 3 is 1.23 bits per heavy atom. The molecule has 2 fully saturated rings. The minimum absolute atomic E-state index is 0.0397. The molecular weight excluding hydrogens is 1050 g/mol. The number of rotatable bonds is 52. The van der Waals surface area contributed by atoms with E-state index in [2.05, 4.69) is 123 Å². The van der Waals surface area contributed by atoms with Crippen molar-refractivity contribution in [1.82, 2.24) is 0 Å². The number of aliphatic hydroxyl groups excluding tert-OH is 7. The Labute approximate surface area is 502 Å². The molecule has 0 aliphatic carbocycles. The molecule has 0 amide bonds. The zero-order valence-corrected chi connectivity index (χ0v) is 51.4. The Hall–Kier alpha value is -3.35. The Balaban J connectivity index is 1.69. The van der Waals surface area contributed by atoms with Gasteiger partial charge in [-0.2, -0.15) is 0 Å².